The predicted molar refractivity (Wildman–Crippen MR) is 51.9 cm³/mol. The molecule has 0 aliphatic rings. The highest BCUT2D eigenvalue weighted by molar-refractivity contribution is 6.01. The van der Waals surface area contributed by atoms with Crippen molar-refractivity contribution in [2.24, 2.45) is 0 Å². The molecule has 0 aliphatic heterocycles. The Labute approximate surface area is 83.9 Å². The van der Waals surface area contributed by atoms with Gasteiger partial charge >= 0.3 is 5.97 Å². The number of ether oxygens (including phenoxy) is 2. The summed E-state index contributed by atoms with van der Waals surface area (Å²) in [5.74, 6) is -0.897. The fourth-order valence-electron chi connectivity index (χ4n) is 0.860. The van der Waals surface area contributed by atoms with Gasteiger partial charge in [0.15, 0.2) is 5.78 Å². The molecule has 0 radical (unpaired) electrons. The van der Waals surface area contributed by atoms with Crippen molar-refractivity contribution in [2.75, 3.05) is 13.2 Å². The molecular weight excluding hydrogens is 184 g/mol. The van der Waals surface area contributed by atoms with E-state index in [1.165, 1.54) is 6.08 Å². The Morgan fingerprint density at radius 1 is 1.43 bits per heavy atom. The lowest BCUT2D eigenvalue weighted by molar-refractivity contribution is -0.160. The summed E-state index contributed by atoms with van der Waals surface area (Å²) in [6, 6.07) is 0. The maximum absolute atomic E-state index is 11.3. The Kier molecular flexibility index (Phi) is 6.66. The smallest absolute Gasteiger partial charge is 0.343 e. The Morgan fingerprint density at radius 2 is 2.07 bits per heavy atom. The molecule has 0 rings (SSSR count). The topological polar surface area (TPSA) is 52.6 Å². The van der Waals surface area contributed by atoms with Gasteiger partial charge in [0.25, 0.3) is 0 Å². The average Bonchev–Trinajstić information content (AvgIpc) is 2.18. The Balaban J connectivity index is 4.29. The first-order chi connectivity index (χ1) is 6.67. The monoisotopic (exact) mass is 200 g/mol. The van der Waals surface area contributed by atoms with Gasteiger partial charge in [0.05, 0.1) is 13.2 Å². The standard InChI is InChI=1S/C10H16O4/c1-4-7-14-9(8(11)5-2)10(12)13-6-3/h4,9H,1,5-7H2,2-3H3. The van der Waals surface area contributed by atoms with E-state index in [0.717, 1.165) is 0 Å². The van der Waals surface area contributed by atoms with E-state index in [0.29, 0.717) is 0 Å². The minimum absolute atomic E-state index is 0.162. The van der Waals surface area contributed by atoms with Crippen LogP contribution in [0.4, 0.5) is 0 Å². The Hall–Kier alpha value is -1.16. The molecular formula is C10H16O4. The van der Waals surface area contributed by atoms with Gasteiger partial charge in [0.2, 0.25) is 6.10 Å². The lowest BCUT2D eigenvalue weighted by Crippen LogP contribution is -2.34. The van der Waals surface area contributed by atoms with Gasteiger partial charge in [-0.2, -0.15) is 0 Å². The van der Waals surface area contributed by atoms with E-state index in [1.807, 2.05) is 0 Å². The Morgan fingerprint density at radius 3 is 2.50 bits per heavy atom. The molecule has 0 saturated heterocycles. The van der Waals surface area contributed by atoms with Crippen molar-refractivity contribution in [2.45, 2.75) is 26.4 Å². The van der Waals surface area contributed by atoms with Crippen molar-refractivity contribution in [3.63, 3.8) is 0 Å². The molecule has 0 aliphatic carbocycles. The van der Waals surface area contributed by atoms with E-state index >= 15 is 0 Å². The third kappa shape index (κ3) is 4.18. The van der Waals surface area contributed by atoms with Crippen molar-refractivity contribution in [1.82, 2.24) is 0 Å². The van der Waals surface area contributed by atoms with Crippen molar-refractivity contribution >= 4 is 11.8 Å². The lowest BCUT2D eigenvalue weighted by Gasteiger charge is -2.13. The molecule has 4 nitrogen and oxygen atoms in total. The second-order valence-corrected chi connectivity index (χ2v) is 2.57. The van der Waals surface area contributed by atoms with Crippen LogP contribution in [-0.4, -0.2) is 31.1 Å². The van der Waals surface area contributed by atoms with Gasteiger partial charge in [-0.3, -0.25) is 4.79 Å². The first kappa shape index (κ1) is 12.8. The number of hydrogen-bond acceptors (Lipinski definition) is 4. The maximum Gasteiger partial charge on any atom is 0.343 e. The number of Topliss-reactive ketones (excluding diaryl/α,β-unsaturated/α-hetero) is 1. The molecule has 0 amide bonds. The number of carbonyl (C=O) groups is 2. The average molecular weight is 200 g/mol. The molecule has 80 valence electrons. The minimum atomic E-state index is -1.10. The van der Waals surface area contributed by atoms with E-state index in [9.17, 15) is 9.59 Å². The van der Waals surface area contributed by atoms with E-state index < -0.39 is 12.1 Å². The number of esters is 1. The fraction of sp³-hybridized carbons (Fsp3) is 0.600. The third-order valence-electron chi connectivity index (χ3n) is 1.52. The number of carbonyl (C=O) groups excluding carboxylic acids is 2. The van der Waals surface area contributed by atoms with Gasteiger partial charge in [0.1, 0.15) is 0 Å². The molecule has 14 heavy (non-hydrogen) atoms. The molecule has 0 aromatic rings. The zero-order chi connectivity index (χ0) is 11.0. The third-order valence-corrected chi connectivity index (χ3v) is 1.52. The van der Waals surface area contributed by atoms with Crippen molar-refractivity contribution < 1.29 is 19.1 Å². The summed E-state index contributed by atoms with van der Waals surface area (Å²) in [5.41, 5.74) is 0. The van der Waals surface area contributed by atoms with Crippen LogP contribution in [0, 0.1) is 0 Å². The molecule has 0 spiro atoms. The zero-order valence-electron chi connectivity index (χ0n) is 8.62. The van der Waals surface area contributed by atoms with Crippen LogP contribution in [0.3, 0.4) is 0 Å². The number of rotatable bonds is 7. The van der Waals surface area contributed by atoms with Crippen LogP contribution in [0.2, 0.25) is 0 Å². The predicted octanol–water partition coefficient (Wildman–Crippen LogP) is 1.10. The number of ketones is 1. The van der Waals surface area contributed by atoms with Gasteiger partial charge in [-0.1, -0.05) is 13.0 Å². The summed E-state index contributed by atoms with van der Waals surface area (Å²) in [4.78, 5) is 22.5. The summed E-state index contributed by atoms with van der Waals surface area (Å²) in [6.07, 6.45) is 0.633. The van der Waals surface area contributed by atoms with Crippen LogP contribution in [0.5, 0.6) is 0 Å². The summed E-state index contributed by atoms with van der Waals surface area (Å²) < 4.78 is 9.72. The van der Waals surface area contributed by atoms with Gasteiger partial charge in [-0.05, 0) is 6.92 Å². The molecule has 4 heteroatoms. The Bertz CT molecular complexity index is 210. The molecule has 0 heterocycles. The van der Waals surface area contributed by atoms with Crippen LogP contribution in [0.25, 0.3) is 0 Å². The van der Waals surface area contributed by atoms with Gasteiger partial charge in [0, 0.05) is 6.42 Å². The quantitative estimate of drug-likeness (QED) is 0.351. The first-order valence-electron chi connectivity index (χ1n) is 4.59. The van der Waals surface area contributed by atoms with E-state index in [-0.39, 0.29) is 25.4 Å². The van der Waals surface area contributed by atoms with Gasteiger partial charge < -0.3 is 9.47 Å². The largest absolute Gasteiger partial charge is 0.464 e. The molecule has 0 aromatic heterocycles. The molecule has 0 bridgehead atoms. The maximum atomic E-state index is 11.3. The molecule has 0 saturated carbocycles. The van der Waals surface area contributed by atoms with Gasteiger partial charge in [-0.15, -0.1) is 6.58 Å². The van der Waals surface area contributed by atoms with Crippen LogP contribution < -0.4 is 0 Å². The molecule has 0 fully saturated rings. The van der Waals surface area contributed by atoms with Crippen molar-refractivity contribution in [3.05, 3.63) is 12.7 Å². The van der Waals surface area contributed by atoms with Crippen LogP contribution >= 0.6 is 0 Å². The molecule has 0 N–H and O–H groups in total. The summed E-state index contributed by atoms with van der Waals surface area (Å²) in [5, 5.41) is 0. The lowest BCUT2D eigenvalue weighted by atomic mass is 10.2. The second kappa shape index (κ2) is 7.26. The summed E-state index contributed by atoms with van der Waals surface area (Å²) >= 11 is 0. The summed E-state index contributed by atoms with van der Waals surface area (Å²) in [6.45, 7) is 7.19. The van der Waals surface area contributed by atoms with Gasteiger partial charge in [-0.25, -0.2) is 4.79 Å². The van der Waals surface area contributed by atoms with Crippen molar-refractivity contribution in [3.8, 4) is 0 Å². The second-order valence-electron chi connectivity index (χ2n) is 2.57. The highest BCUT2D eigenvalue weighted by Crippen LogP contribution is 2.01. The molecule has 1 atom stereocenters. The minimum Gasteiger partial charge on any atom is -0.464 e. The highest BCUT2D eigenvalue weighted by atomic mass is 16.6. The van der Waals surface area contributed by atoms with Crippen LogP contribution in [0.1, 0.15) is 20.3 Å². The normalized spacial score (nSPS) is 11.9. The molecule has 0 aromatic carbocycles. The first-order valence-corrected chi connectivity index (χ1v) is 4.59. The summed E-state index contributed by atoms with van der Waals surface area (Å²) in [7, 11) is 0. The SMILES string of the molecule is C=CCOC(C(=O)CC)C(=O)OCC. The van der Waals surface area contributed by atoms with E-state index in [1.54, 1.807) is 13.8 Å². The molecule has 1 unspecified atom stereocenters. The highest BCUT2D eigenvalue weighted by Gasteiger charge is 2.26. The fourth-order valence-corrected chi connectivity index (χ4v) is 0.860. The van der Waals surface area contributed by atoms with E-state index in [2.05, 4.69) is 6.58 Å². The number of hydrogen-bond donors (Lipinski definition) is 0. The van der Waals surface area contributed by atoms with E-state index in [4.69, 9.17) is 9.47 Å². The van der Waals surface area contributed by atoms with Crippen LogP contribution in [-0.2, 0) is 19.1 Å². The van der Waals surface area contributed by atoms with Crippen LogP contribution in [0.15, 0.2) is 12.7 Å². The zero-order valence-corrected chi connectivity index (χ0v) is 8.62. The van der Waals surface area contributed by atoms with Crippen molar-refractivity contribution in [1.29, 1.82) is 0 Å².